The number of nitrogens with zero attached hydrogens (tertiary/aromatic N) is 2. The highest BCUT2D eigenvalue weighted by atomic mass is 16.5. The van der Waals surface area contributed by atoms with Crippen LogP contribution in [0.3, 0.4) is 0 Å². The van der Waals surface area contributed by atoms with Gasteiger partial charge >= 0.3 is 0 Å². The van der Waals surface area contributed by atoms with Crippen LogP contribution < -0.4 is 10.1 Å². The fourth-order valence-electron chi connectivity index (χ4n) is 1.17. The van der Waals surface area contributed by atoms with E-state index in [2.05, 4.69) is 15.3 Å². The zero-order chi connectivity index (χ0) is 12.9. The molecule has 17 heavy (non-hydrogen) atoms. The molecule has 1 rings (SSSR count). The molecular formula is C11H19N3O3. The Labute approximate surface area is 101 Å². The Balaban J connectivity index is 2.70. The summed E-state index contributed by atoms with van der Waals surface area (Å²) >= 11 is 0. The number of hydrogen-bond acceptors (Lipinski definition) is 6. The minimum atomic E-state index is -1.20. The van der Waals surface area contributed by atoms with Crippen molar-refractivity contribution < 1.29 is 14.9 Å². The molecule has 0 fully saturated rings. The zero-order valence-electron chi connectivity index (χ0n) is 10.4. The van der Waals surface area contributed by atoms with E-state index in [9.17, 15) is 5.11 Å². The van der Waals surface area contributed by atoms with Crippen LogP contribution >= 0.6 is 0 Å². The summed E-state index contributed by atoms with van der Waals surface area (Å²) in [5.74, 6) is 0.869. The van der Waals surface area contributed by atoms with Gasteiger partial charge in [-0.1, -0.05) is 0 Å². The van der Waals surface area contributed by atoms with Crippen LogP contribution in [0.4, 0.5) is 5.95 Å². The van der Waals surface area contributed by atoms with Crippen LogP contribution in [0.25, 0.3) is 0 Å². The van der Waals surface area contributed by atoms with Crippen molar-refractivity contribution in [3.63, 3.8) is 0 Å². The Hall–Kier alpha value is -1.40. The van der Waals surface area contributed by atoms with Gasteiger partial charge in [-0.15, -0.1) is 0 Å². The van der Waals surface area contributed by atoms with Crippen LogP contribution in [0, 0.1) is 6.92 Å². The van der Waals surface area contributed by atoms with Crippen LogP contribution in [0.2, 0.25) is 0 Å². The monoisotopic (exact) mass is 241 g/mol. The topological polar surface area (TPSA) is 87.5 Å². The van der Waals surface area contributed by atoms with Crippen molar-refractivity contribution in [2.24, 2.45) is 0 Å². The van der Waals surface area contributed by atoms with E-state index in [4.69, 9.17) is 9.84 Å². The van der Waals surface area contributed by atoms with E-state index < -0.39 is 5.60 Å². The lowest BCUT2D eigenvalue weighted by Crippen LogP contribution is -2.37. The number of anilines is 1. The predicted octanol–water partition coefficient (Wildman–Crippen LogP) is 0.339. The van der Waals surface area contributed by atoms with E-state index in [1.807, 2.05) is 13.8 Å². The standard InChI is InChI=1S/C11H19N3O3/c1-4-17-9-5-8(2)13-10(14-9)12-6-11(3,16)7-15/h5,15-16H,4,6-7H2,1-3H3,(H,12,13,14). The number of aryl methyl sites for hydroxylation is 1. The van der Waals surface area contributed by atoms with Gasteiger partial charge in [-0.05, 0) is 20.8 Å². The Morgan fingerprint density at radius 2 is 2.18 bits per heavy atom. The maximum Gasteiger partial charge on any atom is 0.226 e. The SMILES string of the molecule is CCOc1cc(C)nc(NCC(C)(O)CO)n1. The molecule has 0 aliphatic rings. The number of aromatic nitrogens is 2. The summed E-state index contributed by atoms with van der Waals surface area (Å²) in [5, 5.41) is 21.4. The van der Waals surface area contributed by atoms with Crippen molar-refractivity contribution in [1.29, 1.82) is 0 Å². The van der Waals surface area contributed by atoms with Crippen molar-refractivity contribution >= 4 is 5.95 Å². The van der Waals surface area contributed by atoms with Gasteiger partial charge in [-0.25, -0.2) is 4.98 Å². The van der Waals surface area contributed by atoms with E-state index in [1.54, 1.807) is 6.07 Å². The van der Waals surface area contributed by atoms with E-state index in [-0.39, 0.29) is 13.2 Å². The second-order valence-electron chi connectivity index (χ2n) is 4.11. The van der Waals surface area contributed by atoms with Crippen molar-refractivity contribution in [2.45, 2.75) is 26.4 Å². The predicted molar refractivity (Wildman–Crippen MR) is 64.1 cm³/mol. The van der Waals surface area contributed by atoms with Gasteiger partial charge in [0.1, 0.15) is 5.60 Å². The van der Waals surface area contributed by atoms with Gasteiger partial charge in [-0.3, -0.25) is 0 Å². The van der Waals surface area contributed by atoms with E-state index >= 15 is 0 Å². The number of aliphatic hydroxyl groups excluding tert-OH is 1. The fourth-order valence-corrected chi connectivity index (χ4v) is 1.17. The summed E-state index contributed by atoms with van der Waals surface area (Å²) in [6, 6.07) is 1.73. The molecule has 0 aliphatic heterocycles. The molecule has 0 aromatic carbocycles. The maximum atomic E-state index is 9.63. The van der Waals surface area contributed by atoms with E-state index in [1.165, 1.54) is 6.92 Å². The summed E-state index contributed by atoms with van der Waals surface area (Å²) in [6.07, 6.45) is 0. The third-order valence-corrected chi connectivity index (χ3v) is 2.09. The number of ether oxygens (including phenoxy) is 1. The highest BCUT2D eigenvalue weighted by Crippen LogP contribution is 2.12. The summed E-state index contributed by atoms with van der Waals surface area (Å²) in [6.45, 7) is 5.60. The van der Waals surface area contributed by atoms with Crippen LogP contribution in [0.15, 0.2) is 6.07 Å². The molecule has 1 atom stereocenters. The third kappa shape index (κ3) is 4.54. The third-order valence-electron chi connectivity index (χ3n) is 2.09. The number of hydrogen-bond donors (Lipinski definition) is 3. The molecule has 0 bridgehead atoms. The van der Waals surface area contributed by atoms with Gasteiger partial charge in [0.2, 0.25) is 11.8 Å². The van der Waals surface area contributed by atoms with Crippen LogP contribution in [-0.2, 0) is 0 Å². The van der Waals surface area contributed by atoms with Gasteiger partial charge in [0, 0.05) is 18.3 Å². The average Bonchev–Trinajstić information content (AvgIpc) is 2.26. The molecular weight excluding hydrogens is 222 g/mol. The highest BCUT2D eigenvalue weighted by molar-refractivity contribution is 5.31. The Kier molecular flexibility index (Phi) is 4.65. The normalized spacial score (nSPS) is 14.2. The molecule has 0 aliphatic carbocycles. The van der Waals surface area contributed by atoms with Crippen molar-refractivity contribution in [1.82, 2.24) is 9.97 Å². The molecule has 0 spiro atoms. The summed E-state index contributed by atoms with van der Waals surface area (Å²) in [5.41, 5.74) is -0.423. The van der Waals surface area contributed by atoms with Gasteiger partial charge < -0.3 is 20.3 Å². The smallest absolute Gasteiger partial charge is 0.226 e. The minimum absolute atomic E-state index is 0.165. The molecule has 6 nitrogen and oxygen atoms in total. The first-order valence-electron chi connectivity index (χ1n) is 5.52. The van der Waals surface area contributed by atoms with Crippen LogP contribution in [-0.4, -0.2) is 45.5 Å². The molecule has 0 radical (unpaired) electrons. The molecule has 96 valence electrons. The highest BCUT2D eigenvalue weighted by Gasteiger charge is 2.19. The fraction of sp³-hybridized carbons (Fsp3) is 0.636. The van der Waals surface area contributed by atoms with Crippen LogP contribution in [0.1, 0.15) is 19.5 Å². The molecule has 3 N–H and O–H groups in total. The number of aliphatic hydroxyl groups is 2. The van der Waals surface area contributed by atoms with E-state index in [0.717, 1.165) is 5.69 Å². The first-order chi connectivity index (χ1) is 7.96. The van der Waals surface area contributed by atoms with Crippen LogP contribution in [0.5, 0.6) is 5.88 Å². The lowest BCUT2D eigenvalue weighted by atomic mass is 10.1. The molecule has 1 aromatic heterocycles. The lowest BCUT2D eigenvalue weighted by molar-refractivity contribution is 0.0131. The number of nitrogens with one attached hydrogen (secondary N) is 1. The molecule has 1 aromatic rings. The molecule has 0 amide bonds. The summed E-state index contributed by atoms with van der Waals surface area (Å²) < 4.78 is 5.28. The maximum absolute atomic E-state index is 9.63. The number of rotatable bonds is 6. The average molecular weight is 241 g/mol. The Morgan fingerprint density at radius 1 is 1.47 bits per heavy atom. The molecule has 0 saturated heterocycles. The summed E-state index contributed by atoms with van der Waals surface area (Å²) in [4.78, 5) is 8.28. The Morgan fingerprint density at radius 3 is 2.76 bits per heavy atom. The van der Waals surface area contributed by atoms with Crippen molar-refractivity contribution in [3.05, 3.63) is 11.8 Å². The first-order valence-corrected chi connectivity index (χ1v) is 5.52. The zero-order valence-corrected chi connectivity index (χ0v) is 10.4. The van der Waals surface area contributed by atoms with Gasteiger partial charge in [0.05, 0.1) is 13.2 Å². The molecule has 1 heterocycles. The van der Waals surface area contributed by atoms with Crippen molar-refractivity contribution in [2.75, 3.05) is 25.1 Å². The molecule has 0 saturated carbocycles. The second kappa shape index (κ2) is 5.79. The molecule has 6 heteroatoms. The van der Waals surface area contributed by atoms with Crippen molar-refractivity contribution in [3.8, 4) is 5.88 Å². The quantitative estimate of drug-likeness (QED) is 0.665. The molecule has 1 unspecified atom stereocenters. The largest absolute Gasteiger partial charge is 0.478 e. The van der Waals surface area contributed by atoms with Gasteiger partial charge in [-0.2, -0.15) is 4.98 Å². The van der Waals surface area contributed by atoms with Gasteiger partial charge in [0.25, 0.3) is 0 Å². The minimum Gasteiger partial charge on any atom is -0.478 e. The second-order valence-corrected chi connectivity index (χ2v) is 4.11. The Bertz CT molecular complexity index is 369. The van der Waals surface area contributed by atoms with E-state index in [0.29, 0.717) is 18.4 Å². The van der Waals surface area contributed by atoms with Gasteiger partial charge in [0.15, 0.2) is 0 Å². The summed E-state index contributed by atoms with van der Waals surface area (Å²) in [7, 11) is 0. The first kappa shape index (κ1) is 13.7. The lowest BCUT2D eigenvalue weighted by Gasteiger charge is -2.20.